The first-order valence-corrected chi connectivity index (χ1v) is 7.73. The molecule has 1 atom stereocenters. The lowest BCUT2D eigenvalue weighted by Crippen LogP contribution is -2.34. The van der Waals surface area contributed by atoms with Crippen LogP contribution >= 0.6 is 28.6 Å². The molecule has 2 nitrogen and oxygen atoms in total. The van der Waals surface area contributed by atoms with E-state index in [2.05, 4.69) is 33.9 Å². The molecule has 0 aliphatic carbocycles. The number of carbonyl (C=O) groups is 1. The quantitative estimate of drug-likeness (QED) is 0.777. The molecule has 0 fully saturated rings. The fraction of sp³-hybridized carbons (Fsp3) is 0.188. The Bertz CT molecular complexity index is 645. The van der Waals surface area contributed by atoms with E-state index < -0.39 is 0 Å². The summed E-state index contributed by atoms with van der Waals surface area (Å²) in [6.07, 6.45) is 0.643. The summed E-state index contributed by atoms with van der Waals surface area (Å²) in [4.78, 5) is 13.0. The van der Waals surface area contributed by atoms with Crippen LogP contribution in [0.1, 0.15) is 22.8 Å². The third kappa shape index (κ3) is 4.58. The molecular formula is C16H15BrFNOS. The van der Waals surface area contributed by atoms with Gasteiger partial charge < -0.3 is 5.32 Å². The van der Waals surface area contributed by atoms with Gasteiger partial charge in [-0.25, -0.2) is 4.39 Å². The van der Waals surface area contributed by atoms with Crippen molar-refractivity contribution < 1.29 is 9.18 Å². The second-order valence-corrected chi connectivity index (χ2v) is 6.24. The fourth-order valence-corrected chi connectivity index (χ4v) is 2.64. The molecule has 0 aliphatic rings. The second kappa shape index (κ2) is 7.09. The lowest BCUT2D eigenvalue weighted by atomic mass is 10.1. The zero-order valence-corrected chi connectivity index (χ0v) is 13.9. The predicted octanol–water partition coefficient (Wildman–Crippen LogP) is 4.24. The topological polar surface area (TPSA) is 29.1 Å². The van der Waals surface area contributed by atoms with Crippen molar-refractivity contribution in [1.82, 2.24) is 5.32 Å². The van der Waals surface area contributed by atoms with Gasteiger partial charge in [0.1, 0.15) is 5.82 Å². The molecule has 0 aliphatic heterocycles. The van der Waals surface area contributed by atoms with E-state index in [1.165, 1.54) is 12.1 Å². The average molecular weight is 368 g/mol. The zero-order valence-electron chi connectivity index (χ0n) is 11.4. The number of benzene rings is 2. The van der Waals surface area contributed by atoms with Crippen molar-refractivity contribution in [2.24, 2.45) is 0 Å². The summed E-state index contributed by atoms with van der Waals surface area (Å²) in [5, 5.41) is 2.93. The summed E-state index contributed by atoms with van der Waals surface area (Å²) < 4.78 is 13.6. The van der Waals surface area contributed by atoms with Crippen LogP contribution in [0.25, 0.3) is 0 Å². The SMILES string of the molecule is CC(Cc1ccc(F)cc1)NC(=O)c1cc(S)ccc1Br. The molecule has 2 aromatic rings. The number of carbonyl (C=O) groups excluding carboxylic acids is 1. The van der Waals surface area contributed by atoms with Crippen LogP contribution in [0.5, 0.6) is 0 Å². The number of hydrogen-bond acceptors (Lipinski definition) is 2. The van der Waals surface area contributed by atoms with Crippen molar-refractivity contribution in [3.63, 3.8) is 0 Å². The van der Waals surface area contributed by atoms with E-state index in [9.17, 15) is 9.18 Å². The molecule has 0 saturated carbocycles. The van der Waals surface area contributed by atoms with Crippen molar-refractivity contribution in [2.45, 2.75) is 24.3 Å². The van der Waals surface area contributed by atoms with Crippen LogP contribution in [0.3, 0.4) is 0 Å². The van der Waals surface area contributed by atoms with Gasteiger partial charge in [-0.3, -0.25) is 4.79 Å². The summed E-state index contributed by atoms with van der Waals surface area (Å²) in [5.74, 6) is -0.419. The van der Waals surface area contributed by atoms with Gasteiger partial charge in [0.05, 0.1) is 5.56 Å². The molecule has 1 unspecified atom stereocenters. The van der Waals surface area contributed by atoms with Crippen molar-refractivity contribution >= 4 is 34.5 Å². The Balaban J connectivity index is 2.01. The standard InChI is InChI=1S/C16H15BrFNOS/c1-10(8-11-2-4-12(18)5-3-11)19-16(20)14-9-13(21)6-7-15(14)17/h2-7,9-10,21H,8H2,1H3,(H,19,20). The van der Waals surface area contributed by atoms with Crippen molar-refractivity contribution in [3.8, 4) is 0 Å². The molecule has 2 aromatic carbocycles. The molecule has 1 amide bonds. The van der Waals surface area contributed by atoms with Crippen LogP contribution in [-0.4, -0.2) is 11.9 Å². The Morgan fingerprint density at radius 1 is 1.29 bits per heavy atom. The van der Waals surface area contributed by atoms with Gasteiger partial charge in [-0.05, 0) is 65.2 Å². The molecule has 0 spiro atoms. The van der Waals surface area contributed by atoms with Gasteiger partial charge in [0, 0.05) is 15.4 Å². The number of thiol groups is 1. The molecule has 0 aromatic heterocycles. The van der Waals surface area contributed by atoms with Gasteiger partial charge in [-0.15, -0.1) is 12.6 Å². The number of halogens is 2. The highest BCUT2D eigenvalue weighted by atomic mass is 79.9. The molecule has 0 heterocycles. The fourth-order valence-electron chi connectivity index (χ4n) is 2.01. The van der Waals surface area contributed by atoms with E-state index in [1.54, 1.807) is 24.3 Å². The highest BCUT2D eigenvalue weighted by molar-refractivity contribution is 9.10. The van der Waals surface area contributed by atoms with Gasteiger partial charge >= 0.3 is 0 Å². The number of amides is 1. The minimum absolute atomic E-state index is 0.0570. The number of hydrogen-bond donors (Lipinski definition) is 2. The van der Waals surface area contributed by atoms with Crippen LogP contribution in [0.15, 0.2) is 51.8 Å². The third-order valence-electron chi connectivity index (χ3n) is 3.03. The summed E-state index contributed by atoms with van der Waals surface area (Å²) in [6.45, 7) is 1.92. The third-order valence-corrected chi connectivity index (χ3v) is 4.00. The van der Waals surface area contributed by atoms with Crippen molar-refractivity contribution in [1.29, 1.82) is 0 Å². The van der Waals surface area contributed by atoms with Crippen LogP contribution in [0.2, 0.25) is 0 Å². The van der Waals surface area contributed by atoms with Crippen LogP contribution < -0.4 is 5.32 Å². The zero-order chi connectivity index (χ0) is 15.4. The van der Waals surface area contributed by atoms with Gasteiger partial charge in [0.2, 0.25) is 0 Å². The van der Waals surface area contributed by atoms with E-state index in [0.29, 0.717) is 12.0 Å². The maximum Gasteiger partial charge on any atom is 0.252 e. The highest BCUT2D eigenvalue weighted by Gasteiger charge is 2.13. The lowest BCUT2D eigenvalue weighted by molar-refractivity contribution is 0.0939. The molecular weight excluding hydrogens is 353 g/mol. The van der Waals surface area contributed by atoms with E-state index in [0.717, 1.165) is 14.9 Å². The van der Waals surface area contributed by atoms with Gasteiger partial charge in [0.25, 0.3) is 5.91 Å². The molecule has 0 bridgehead atoms. The largest absolute Gasteiger partial charge is 0.349 e. The molecule has 110 valence electrons. The summed E-state index contributed by atoms with van der Waals surface area (Å²) in [7, 11) is 0. The smallest absolute Gasteiger partial charge is 0.252 e. The van der Waals surface area contributed by atoms with E-state index >= 15 is 0 Å². The maximum absolute atomic E-state index is 12.9. The minimum Gasteiger partial charge on any atom is -0.349 e. The predicted molar refractivity (Wildman–Crippen MR) is 88.4 cm³/mol. The normalized spacial score (nSPS) is 12.0. The van der Waals surface area contributed by atoms with Crippen molar-refractivity contribution in [2.75, 3.05) is 0 Å². The van der Waals surface area contributed by atoms with Crippen LogP contribution in [-0.2, 0) is 6.42 Å². The first-order chi connectivity index (χ1) is 9.95. The van der Waals surface area contributed by atoms with E-state index in [-0.39, 0.29) is 17.8 Å². The van der Waals surface area contributed by atoms with Crippen LogP contribution in [0.4, 0.5) is 4.39 Å². The maximum atomic E-state index is 12.9. The Morgan fingerprint density at radius 2 is 1.95 bits per heavy atom. The summed E-state index contributed by atoms with van der Waals surface area (Å²) in [5.41, 5.74) is 1.53. The average Bonchev–Trinajstić information content (AvgIpc) is 2.44. The molecule has 5 heteroatoms. The van der Waals surface area contributed by atoms with Gasteiger partial charge in [-0.2, -0.15) is 0 Å². The number of nitrogens with one attached hydrogen (secondary N) is 1. The van der Waals surface area contributed by atoms with Gasteiger partial charge in [-0.1, -0.05) is 12.1 Å². The van der Waals surface area contributed by atoms with Crippen molar-refractivity contribution in [3.05, 3.63) is 63.9 Å². The minimum atomic E-state index is -0.259. The molecule has 0 radical (unpaired) electrons. The van der Waals surface area contributed by atoms with E-state index in [1.807, 2.05) is 13.0 Å². The molecule has 21 heavy (non-hydrogen) atoms. The summed E-state index contributed by atoms with van der Waals surface area (Å²) >= 11 is 7.60. The Morgan fingerprint density at radius 3 is 2.62 bits per heavy atom. The lowest BCUT2D eigenvalue weighted by Gasteiger charge is -2.15. The van der Waals surface area contributed by atoms with Crippen LogP contribution in [0, 0.1) is 5.82 Å². The molecule has 2 rings (SSSR count). The first-order valence-electron chi connectivity index (χ1n) is 6.49. The Kier molecular flexibility index (Phi) is 5.42. The highest BCUT2D eigenvalue weighted by Crippen LogP contribution is 2.20. The molecule has 1 N–H and O–H groups in total. The Labute approximate surface area is 137 Å². The van der Waals surface area contributed by atoms with E-state index in [4.69, 9.17) is 0 Å². The second-order valence-electron chi connectivity index (χ2n) is 4.87. The number of rotatable bonds is 4. The Hall–Kier alpha value is -1.33. The monoisotopic (exact) mass is 367 g/mol. The molecule has 0 saturated heterocycles. The first kappa shape index (κ1) is 16.0. The summed E-state index contributed by atoms with van der Waals surface area (Å²) in [6, 6.07) is 11.6. The van der Waals surface area contributed by atoms with Gasteiger partial charge in [0.15, 0.2) is 0 Å².